The number of nitrogens with zero attached hydrogens (tertiary/aromatic N) is 7. The van der Waals surface area contributed by atoms with Crippen LogP contribution in [0.15, 0.2) is 77.9 Å². The Morgan fingerprint density at radius 1 is 1.07 bits per heavy atom. The molecule has 1 atom stereocenters. The molecule has 41 heavy (non-hydrogen) atoms. The largest absolute Gasteiger partial charge is 0.368 e. The highest BCUT2D eigenvalue weighted by Crippen LogP contribution is 2.30. The van der Waals surface area contributed by atoms with Crippen LogP contribution in [0.3, 0.4) is 0 Å². The van der Waals surface area contributed by atoms with Crippen LogP contribution in [0, 0.1) is 11.3 Å². The van der Waals surface area contributed by atoms with Crippen LogP contribution in [0.2, 0.25) is 0 Å². The van der Waals surface area contributed by atoms with Crippen LogP contribution >= 0.6 is 0 Å². The number of nitrogen functional groups attached to an aromatic ring is 1. The number of fused-ring (bicyclic) bond motifs is 1. The monoisotopic (exact) mass is 567 g/mol. The van der Waals surface area contributed by atoms with Gasteiger partial charge in [0.15, 0.2) is 0 Å². The SMILES string of the molecule is C[C@H](Nc1nc(N)ncc1C#N)c1nc2cccc(-c3ccnc(N(C)S(C)(=O)=O)c3)c2c(=O)n1-c1ccccc1. The van der Waals surface area contributed by atoms with Crippen molar-refractivity contribution >= 4 is 38.5 Å². The molecule has 0 aliphatic heterocycles. The van der Waals surface area contributed by atoms with E-state index in [2.05, 4.69) is 20.3 Å². The minimum absolute atomic E-state index is 0.00602. The van der Waals surface area contributed by atoms with E-state index in [-0.39, 0.29) is 28.7 Å². The minimum atomic E-state index is -3.55. The highest BCUT2D eigenvalue weighted by Gasteiger charge is 2.22. The first-order valence-corrected chi connectivity index (χ1v) is 14.2. The number of sulfonamides is 1. The van der Waals surface area contributed by atoms with Crippen LogP contribution in [0.5, 0.6) is 0 Å². The third-order valence-corrected chi connectivity index (χ3v) is 7.66. The number of rotatable bonds is 7. The topological polar surface area (TPSA) is 173 Å². The number of para-hydroxylation sites is 1. The molecule has 0 aliphatic carbocycles. The highest BCUT2D eigenvalue weighted by molar-refractivity contribution is 7.92. The Morgan fingerprint density at radius 2 is 1.83 bits per heavy atom. The second-order valence-corrected chi connectivity index (χ2v) is 11.3. The molecule has 2 aromatic carbocycles. The first kappa shape index (κ1) is 27.2. The summed E-state index contributed by atoms with van der Waals surface area (Å²) in [5, 5.41) is 13.0. The second kappa shape index (κ2) is 10.7. The fourth-order valence-corrected chi connectivity index (χ4v) is 4.83. The Hall–Kier alpha value is -5.35. The van der Waals surface area contributed by atoms with Crippen LogP contribution in [0.4, 0.5) is 17.6 Å². The normalized spacial score (nSPS) is 12.0. The summed E-state index contributed by atoms with van der Waals surface area (Å²) in [5.74, 6) is 0.799. The zero-order chi connectivity index (χ0) is 29.3. The van der Waals surface area contributed by atoms with Gasteiger partial charge in [-0.15, -0.1) is 0 Å². The lowest BCUT2D eigenvalue weighted by Gasteiger charge is -2.21. The number of nitrogens with two attached hydrogens (primary N) is 1. The molecule has 3 aromatic heterocycles. The summed E-state index contributed by atoms with van der Waals surface area (Å²) >= 11 is 0. The molecule has 0 spiro atoms. The van der Waals surface area contributed by atoms with Gasteiger partial charge in [0.1, 0.15) is 29.1 Å². The molecule has 13 heteroatoms. The molecule has 5 rings (SSSR count). The van der Waals surface area contributed by atoms with Crippen molar-refractivity contribution < 1.29 is 8.42 Å². The minimum Gasteiger partial charge on any atom is -0.368 e. The number of nitrogens with one attached hydrogen (secondary N) is 1. The summed E-state index contributed by atoms with van der Waals surface area (Å²) in [6, 6.07) is 19.1. The molecule has 0 fully saturated rings. The van der Waals surface area contributed by atoms with Gasteiger partial charge in [0, 0.05) is 13.2 Å². The summed E-state index contributed by atoms with van der Waals surface area (Å²) in [7, 11) is -2.13. The van der Waals surface area contributed by atoms with Gasteiger partial charge in [-0.05, 0) is 48.4 Å². The lowest BCUT2D eigenvalue weighted by molar-refractivity contribution is 0.600. The van der Waals surface area contributed by atoms with E-state index in [9.17, 15) is 18.5 Å². The van der Waals surface area contributed by atoms with Gasteiger partial charge in [0.25, 0.3) is 5.56 Å². The van der Waals surface area contributed by atoms with E-state index in [1.54, 1.807) is 49.4 Å². The third-order valence-electron chi connectivity index (χ3n) is 6.48. The Kier molecular flexibility index (Phi) is 7.08. The molecule has 0 aliphatic rings. The van der Waals surface area contributed by atoms with E-state index in [1.807, 2.05) is 24.3 Å². The highest BCUT2D eigenvalue weighted by atomic mass is 32.2. The quantitative estimate of drug-likeness (QED) is 0.297. The maximum Gasteiger partial charge on any atom is 0.266 e. The molecule has 0 bridgehead atoms. The number of hydrogen-bond acceptors (Lipinski definition) is 10. The second-order valence-electron chi connectivity index (χ2n) is 9.25. The van der Waals surface area contributed by atoms with Crippen molar-refractivity contribution in [3.8, 4) is 22.9 Å². The maximum atomic E-state index is 14.3. The van der Waals surface area contributed by atoms with Crippen molar-refractivity contribution in [2.45, 2.75) is 13.0 Å². The molecule has 0 radical (unpaired) electrons. The average molecular weight is 568 g/mol. The van der Waals surface area contributed by atoms with Gasteiger partial charge >= 0.3 is 0 Å². The molecule has 0 amide bonds. The number of anilines is 3. The van der Waals surface area contributed by atoms with E-state index in [0.29, 0.717) is 33.5 Å². The summed E-state index contributed by atoms with van der Waals surface area (Å²) in [5.41, 5.74) is 7.80. The van der Waals surface area contributed by atoms with Crippen LogP contribution in [0.25, 0.3) is 27.7 Å². The summed E-state index contributed by atoms with van der Waals surface area (Å²) in [6.07, 6.45) is 3.91. The molecule has 0 unspecified atom stereocenters. The van der Waals surface area contributed by atoms with Gasteiger partial charge in [-0.2, -0.15) is 10.2 Å². The summed E-state index contributed by atoms with van der Waals surface area (Å²) < 4.78 is 26.8. The summed E-state index contributed by atoms with van der Waals surface area (Å²) in [4.78, 5) is 31.4. The van der Waals surface area contributed by atoms with Crippen LogP contribution < -0.4 is 20.9 Å². The van der Waals surface area contributed by atoms with Crippen molar-refractivity contribution in [3.63, 3.8) is 0 Å². The van der Waals surface area contributed by atoms with E-state index >= 15 is 0 Å². The van der Waals surface area contributed by atoms with Crippen molar-refractivity contribution in [2.75, 3.05) is 28.7 Å². The van der Waals surface area contributed by atoms with Crippen LogP contribution in [-0.4, -0.2) is 46.2 Å². The van der Waals surface area contributed by atoms with Crippen LogP contribution in [-0.2, 0) is 10.0 Å². The van der Waals surface area contributed by atoms with Gasteiger partial charge in [-0.3, -0.25) is 13.7 Å². The number of aromatic nitrogens is 5. The van der Waals surface area contributed by atoms with Crippen LogP contribution in [0.1, 0.15) is 24.4 Å². The summed E-state index contributed by atoms with van der Waals surface area (Å²) in [6.45, 7) is 1.80. The molecular formula is C28H25N9O3S. The van der Waals surface area contributed by atoms with Gasteiger partial charge in [-0.1, -0.05) is 30.3 Å². The van der Waals surface area contributed by atoms with Crippen molar-refractivity contribution in [1.82, 2.24) is 24.5 Å². The van der Waals surface area contributed by atoms with Crippen molar-refractivity contribution in [2.24, 2.45) is 0 Å². The molecule has 0 saturated heterocycles. The van der Waals surface area contributed by atoms with Gasteiger partial charge < -0.3 is 11.1 Å². The Labute approximate surface area is 235 Å². The zero-order valence-corrected chi connectivity index (χ0v) is 23.2. The van der Waals surface area contributed by atoms with E-state index in [1.165, 1.54) is 24.0 Å². The number of benzene rings is 2. The number of nitriles is 1. The number of hydrogen-bond donors (Lipinski definition) is 2. The predicted molar refractivity (Wildman–Crippen MR) is 157 cm³/mol. The lowest BCUT2D eigenvalue weighted by atomic mass is 10.0. The van der Waals surface area contributed by atoms with Gasteiger partial charge in [0.2, 0.25) is 16.0 Å². The number of pyridine rings is 1. The molecule has 3 heterocycles. The Bertz CT molecular complexity index is 1990. The van der Waals surface area contributed by atoms with E-state index in [0.717, 1.165) is 10.6 Å². The fraction of sp³-hybridized carbons (Fsp3) is 0.143. The lowest BCUT2D eigenvalue weighted by Crippen LogP contribution is -2.28. The predicted octanol–water partition coefficient (Wildman–Crippen LogP) is 3.26. The third kappa shape index (κ3) is 5.28. The molecule has 0 saturated carbocycles. The average Bonchev–Trinajstić information content (AvgIpc) is 2.96. The van der Waals surface area contributed by atoms with E-state index in [4.69, 9.17) is 10.7 Å². The fourth-order valence-electron chi connectivity index (χ4n) is 4.39. The smallest absolute Gasteiger partial charge is 0.266 e. The van der Waals surface area contributed by atoms with Gasteiger partial charge in [-0.25, -0.2) is 23.4 Å². The van der Waals surface area contributed by atoms with Crippen molar-refractivity contribution in [1.29, 1.82) is 5.26 Å². The first-order valence-electron chi connectivity index (χ1n) is 12.4. The Morgan fingerprint density at radius 3 is 2.54 bits per heavy atom. The Balaban J connectivity index is 1.73. The van der Waals surface area contributed by atoms with Gasteiger partial charge in [0.05, 0.1) is 35.1 Å². The molecular weight excluding hydrogens is 542 g/mol. The maximum absolute atomic E-state index is 14.3. The molecule has 5 aromatic rings. The first-order chi connectivity index (χ1) is 19.6. The molecule has 3 N–H and O–H groups in total. The molecule has 206 valence electrons. The zero-order valence-electron chi connectivity index (χ0n) is 22.3. The standard InChI is InChI=1S/C28H25N9O3S/c1-17(33-25-19(15-29)16-32-28(30)35-25)26-34-22-11-7-10-21(18-12-13-31-23(14-18)36(2)41(3,39)40)24(22)27(38)37(26)20-8-5-4-6-9-20/h4-14,16-17H,1-3H3,(H3,30,32,33,35)/t17-/m0/s1. The van der Waals surface area contributed by atoms with E-state index < -0.39 is 16.1 Å². The molecule has 12 nitrogen and oxygen atoms in total. The van der Waals surface area contributed by atoms with Crippen molar-refractivity contribution in [3.05, 3.63) is 94.8 Å².